The molecule has 5 rings (SSSR count). The molecule has 4 aliphatic rings. The summed E-state index contributed by atoms with van der Waals surface area (Å²) >= 11 is 0. The Morgan fingerprint density at radius 2 is 1.87 bits per heavy atom. The minimum Gasteiger partial charge on any atom is -0.362 e. The lowest BCUT2D eigenvalue weighted by Crippen LogP contribution is -2.47. The van der Waals surface area contributed by atoms with Crippen LogP contribution in [0.15, 0.2) is 11.2 Å². The van der Waals surface area contributed by atoms with Gasteiger partial charge in [-0.1, -0.05) is 0 Å². The van der Waals surface area contributed by atoms with Crippen LogP contribution in [0.3, 0.4) is 0 Å². The predicted octanol–water partition coefficient (Wildman–Crippen LogP) is 3.69. The molecule has 1 aromatic rings. The van der Waals surface area contributed by atoms with E-state index in [1.54, 1.807) is 6.21 Å². The van der Waals surface area contributed by atoms with Gasteiger partial charge in [0.2, 0.25) is 5.91 Å². The van der Waals surface area contributed by atoms with Crippen LogP contribution in [0.5, 0.6) is 0 Å². The number of carbonyl (C=O) groups is 1. The molecular weight excluding hydrogens is 286 g/mol. The zero-order valence-electron chi connectivity index (χ0n) is 14.2. The van der Waals surface area contributed by atoms with Crippen molar-refractivity contribution >= 4 is 12.1 Å². The summed E-state index contributed by atoms with van der Waals surface area (Å²) in [4.78, 5) is 15.6. The summed E-state index contributed by atoms with van der Waals surface area (Å²) in [6.07, 6.45) is 10.5. The first-order valence-corrected chi connectivity index (χ1v) is 8.99. The van der Waals surface area contributed by atoms with Crippen molar-refractivity contribution in [2.45, 2.75) is 58.8 Å². The second-order valence-electron chi connectivity index (χ2n) is 8.42. The lowest BCUT2D eigenvalue weighted by Gasteiger charge is -2.56. The van der Waals surface area contributed by atoms with E-state index < -0.39 is 0 Å². The van der Waals surface area contributed by atoms with Gasteiger partial charge in [0.05, 0.1) is 6.21 Å². The first kappa shape index (κ1) is 15.0. The average molecular weight is 313 g/mol. The zero-order chi connectivity index (χ0) is 16.0. The Hall–Kier alpha value is -1.58. The normalized spacial score (nSPS) is 35.1. The van der Waals surface area contributed by atoms with Crippen molar-refractivity contribution < 1.29 is 4.79 Å². The number of nitrogens with one attached hydrogen (secondary N) is 2. The quantitative estimate of drug-likeness (QED) is 0.646. The van der Waals surface area contributed by atoms with Gasteiger partial charge in [0.25, 0.3) is 0 Å². The summed E-state index contributed by atoms with van der Waals surface area (Å²) in [5.41, 5.74) is 6.28. The molecule has 4 nitrogen and oxygen atoms in total. The SMILES string of the molecule is Cc1cc(/C=N/NC(=O)CC23CC4CC(CC(C4)C2)C3)c(C)[nH]1. The first-order valence-electron chi connectivity index (χ1n) is 8.99. The highest BCUT2D eigenvalue weighted by Gasteiger charge is 2.51. The molecule has 0 spiro atoms. The molecule has 0 saturated heterocycles. The molecular formula is C19H27N3O. The minimum absolute atomic E-state index is 0.0908. The third-order valence-corrected chi connectivity index (χ3v) is 6.28. The fraction of sp³-hybridized carbons (Fsp3) is 0.684. The number of carbonyl (C=O) groups excluding carboxylic acids is 1. The maximum absolute atomic E-state index is 12.4. The Balaban J connectivity index is 1.36. The highest BCUT2D eigenvalue weighted by molar-refractivity contribution is 5.83. The van der Waals surface area contributed by atoms with Gasteiger partial charge in [-0.15, -0.1) is 0 Å². The van der Waals surface area contributed by atoms with Gasteiger partial charge in [0.15, 0.2) is 0 Å². The zero-order valence-corrected chi connectivity index (χ0v) is 14.2. The Morgan fingerprint density at radius 1 is 1.26 bits per heavy atom. The van der Waals surface area contributed by atoms with Crippen LogP contribution in [0.2, 0.25) is 0 Å². The summed E-state index contributed by atoms with van der Waals surface area (Å²) in [7, 11) is 0. The fourth-order valence-corrected chi connectivity index (χ4v) is 5.94. The lowest BCUT2D eigenvalue weighted by atomic mass is 9.49. The van der Waals surface area contributed by atoms with E-state index in [0.29, 0.717) is 6.42 Å². The minimum atomic E-state index is 0.0908. The summed E-state index contributed by atoms with van der Waals surface area (Å²) < 4.78 is 0. The van der Waals surface area contributed by atoms with Gasteiger partial charge in [0.1, 0.15) is 0 Å². The fourth-order valence-electron chi connectivity index (χ4n) is 5.94. The third-order valence-electron chi connectivity index (χ3n) is 6.28. The summed E-state index contributed by atoms with van der Waals surface area (Å²) in [5.74, 6) is 2.77. The standard InChI is InChI=1S/C19H27N3O/c1-12-3-17(13(2)21-12)11-20-22-18(23)10-19-7-14-4-15(8-19)6-16(5-14)9-19/h3,11,14-16,21H,4-10H2,1-2H3,(H,22,23)/b20-11+. The number of H-pyrrole nitrogens is 1. The molecule has 4 bridgehead atoms. The van der Waals surface area contributed by atoms with Gasteiger partial charge in [-0.25, -0.2) is 5.43 Å². The predicted molar refractivity (Wildman–Crippen MR) is 91.2 cm³/mol. The van der Waals surface area contributed by atoms with Crippen LogP contribution in [0.1, 0.15) is 61.9 Å². The molecule has 1 heterocycles. The number of hydrogen-bond acceptors (Lipinski definition) is 2. The molecule has 0 radical (unpaired) electrons. The Labute approximate surface area is 138 Å². The monoisotopic (exact) mass is 313 g/mol. The number of amides is 1. The van der Waals surface area contributed by atoms with E-state index in [1.807, 2.05) is 19.9 Å². The van der Waals surface area contributed by atoms with E-state index in [4.69, 9.17) is 0 Å². The molecule has 1 amide bonds. The van der Waals surface area contributed by atoms with E-state index in [0.717, 1.165) is 34.7 Å². The summed E-state index contributed by atoms with van der Waals surface area (Å²) in [5, 5.41) is 4.17. The highest BCUT2D eigenvalue weighted by atomic mass is 16.2. The van der Waals surface area contributed by atoms with Crippen molar-refractivity contribution in [1.82, 2.24) is 10.4 Å². The number of aromatic amines is 1. The number of nitrogens with zero attached hydrogens (tertiary/aromatic N) is 1. The number of hydrazone groups is 1. The van der Waals surface area contributed by atoms with Crippen LogP contribution >= 0.6 is 0 Å². The van der Waals surface area contributed by atoms with Gasteiger partial charge in [-0.05, 0) is 81.6 Å². The van der Waals surface area contributed by atoms with E-state index in [1.165, 1.54) is 38.5 Å². The maximum atomic E-state index is 12.4. The van der Waals surface area contributed by atoms with Gasteiger partial charge in [-0.3, -0.25) is 4.79 Å². The Morgan fingerprint density at radius 3 is 2.39 bits per heavy atom. The molecule has 4 saturated carbocycles. The molecule has 4 heteroatoms. The molecule has 0 atom stereocenters. The van der Waals surface area contributed by atoms with Crippen LogP contribution < -0.4 is 5.43 Å². The van der Waals surface area contributed by atoms with Gasteiger partial charge in [0, 0.05) is 23.4 Å². The molecule has 4 aliphatic carbocycles. The Kier molecular flexibility index (Phi) is 3.58. The molecule has 0 aliphatic heterocycles. The van der Waals surface area contributed by atoms with Gasteiger partial charge >= 0.3 is 0 Å². The van der Waals surface area contributed by atoms with Crippen LogP contribution in [-0.2, 0) is 4.79 Å². The topological polar surface area (TPSA) is 57.2 Å². The molecule has 0 unspecified atom stereocenters. The van der Waals surface area contributed by atoms with Crippen molar-refractivity contribution in [3.05, 3.63) is 23.0 Å². The number of hydrogen-bond donors (Lipinski definition) is 2. The number of rotatable bonds is 4. The second kappa shape index (κ2) is 5.50. The first-order chi connectivity index (χ1) is 11.0. The van der Waals surface area contributed by atoms with E-state index in [2.05, 4.69) is 15.5 Å². The molecule has 124 valence electrons. The van der Waals surface area contributed by atoms with Crippen molar-refractivity contribution in [2.75, 3.05) is 0 Å². The van der Waals surface area contributed by atoms with Crippen LogP contribution in [-0.4, -0.2) is 17.1 Å². The van der Waals surface area contributed by atoms with Gasteiger partial charge in [-0.2, -0.15) is 5.10 Å². The summed E-state index contributed by atoms with van der Waals surface area (Å²) in [6.45, 7) is 4.04. The van der Waals surface area contributed by atoms with Crippen molar-refractivity contribution in [2.24, 2.45) is 28.3 Å². The van der Waals surface area contributed by atoms with Crippen LogP contribution in [0.25, 0.3) is 0 Å². The number of aryl methyl sites for hydroxylation is 2. The van der Waals surface area contributed by atoms with Crippen molar-refractivity contribution in [3.63, 3.8) is 0 Å². The average Bonchev–Trinajstić information content (AvgIpc) is 2.74. The van der Waals surface area contributed by atoms with Crippen LogP contribution in [0, 0.1) is 37.0 Å². The molecule has 23 heavy (non-hydrogen) atoms. The third kappa shape index (κ3) is 2.96. The molecule has 4 fully saturated rings. The number of aromatic nitrogens is 1. The van der Waals surface area contributed by atoms with E-state index in [-0.39, 0.29) is 11.3 Å². The second-order valence-corrected chi connectivity index (χ2v) is 8.42. The largest absolute Gasteiger partial charge is 0.362 e. The summed E-state index contributed by atoms with van der Waals surface area (Å²) in [6, 6.07) is 2.05. The van der Waals surface area contributed by atoms with Crippen molar-refractivity contribution in [1.29, 1.82) is 0 Å². The lowest BCUT2D eigenvalue weighted by molar-refractivity contribution is -0.129. The van der Waals surface area contributed by atoms with E-state index in [9.17, 15) is 4.79 Å². The Bertz CT molecular complexity index is 608. The molecule has 0 aromatic carbocycles. The molecule has 2 N–H and O–H groups in total. The van der Waals surface area contributed by atoms with Gasteiger partial charge < -0.3 is 4.98 Å². The molecule has 1 aromatic heterocycles. The van der Waals surface area contributed by atoms with E-state index >= 15 is 0 Å². The smallest absolute Gasteiger partial charge is 0.240 e. The van der Waals surface area contributed by atoms with Crippen molar-refractivity contribution in [3.8, 4) is 0 Å². The van der Waals surface area contributed by atoms with Crippen LogP contribution in [0.4, 0.5) is 0 Å². The highest BCUT2D eigenvalue weighted by Crippen LogP contribution is 2.61. The maximum Gasteiger partial charge on any atom is 0.240 e.